The van der Waals surface area contributed by atoms with Gasteiger partial charge in [-0.25, -0.2) is 4.99 Å². The lowest BCUT2D eigenvalue weighted by atomic mass is 10.2. The van der Waals surface area contributed by atoms with Gasteiger partial charge in [-0.1, -0.05) is 47.6 Å². The second-order valence-corrected chi connectivity index (χ2v) is 8.09. The number of carbonyl (C=O) groups excluding carboxylic acids is 2. The van der Waals surface area contributed by atoms with Crippen LogP contribution in [0.25, 0.3) is 0 Å². The van der Waals surface area contributed by atoms with Gasteiger partial charge >= 0.3 is 0 Å². The van der Waals surface area contributed by atoms with E-state index in [4.69, 9.17) is 21.1 Å². The number of thioether (sulfide) groups is 1. The summed E-state index contributed by atoms with van der Waals surface area (Å²) in [5, 5.41) is 3.08. The van der Waals surface area contributed by atoms with Crippen LogP contribution in [0.4, 0.5) is 11.4 Å². The molecule has 1 aliphatic heterocycles. The molecule has 7 nitrogen and oxygen atoms in total. The standard InChI is InChI=1S/C22H22ClN3O4S/c1-4-10-26-21(28)19(31-22(26)24-14-8-6-5-7-9-14)13-20(27)25-16-12-17(29-2)15(23)11-18(16)30-3/h4-9,11-12,19H,1,10,13H2,2-3H3,(H,25,27). The number of para-hydroxylation sites is 1. The molecule has 31 heavy (non-hydrogen) atoms. The highest BCUT2D eigenvalue weighted by molar-refractivity contribution is 8.15. The van der Waals surface area contributed by atoms with Crippen LogP contribution in [0, 0.1) is 0 Å². The van der Waals surface area contributed by atoms with E-state index in [-0.39, 0.29) is 18.2 Å². The van der Waals surface area contributed by atoms with Crippen molar-refractivity contribution in [2.45, 2.75) is 11.7 Å². The lowest BCUT2D eigenvalue weighted by Crippen LogP contribution is -2.33. The van der Waals surface area contributed by atoms with Crippen LogP contribution < -0.4 is 14.8 Å². The van der Waals surface area contributed by atoms with E-state index in [1.165, 1.54) is 30.9 Å². The van der Waals surface area contributed by atoms with Crippen molar-refractivity contribution in [1.29, 1.82) is 0 Å². The van der Waals surface area contributed by atoms with Crippen molar-refractivity contribution >= 4 is 51.7 Å². The third kappa shape index (κ3) is 5.39. The Kier molecular flexibility index (Phi) is 7.59. The average molecular weight is 460 g/mol. The van der Waals surface area contributed by atoms with Gasteiger partial charge < -0.3 is 14.8 Å². The minimum absolute atomic E-state index is 0.0287. The van der Waals surface area contributed by atoms with Gasteiger partial charge in [0.2, 0.25) is 11.8 Å². The van der Waals surface area contributed by atoms with E-state index < -0.39 is 5.25 Å². The molecular formula is C22H22ClN3O4S. The Balaban J connectivity index is 1.76. The highest BCUT2D eigenvalue weighted by Crippen LogP contribution is 2.37. The van der Waals surface area contributed by atoms with E-state index in [0.29, 0.717) is 33.9 Å². The maximum Gasteiger partial charge on any atom is 0.242 e. The maximum atomic E-state index is 12.9. The molecule has 1 unspecified atom stereocenters. The Morgan fingerprint density at radius 3 is 2.61 bits per heavy atom. The van der Waals surface area contributed by atoms with Gasteiger partial charge in [-0.2, -0.15) is 0 Å². The number of nitrogens with one attached hydrogen (secondary N) is 1. The summed E-state index contributed by atoms with van der Waals surface area (Å²) in [4.78, 5) is 31.7. The molecule has 9 heteroatoms. The fourth-order valence-corrected chi connectivity index (χ4v) is 4.36. The largest absolute Gasteiger partial charge is 0.495 e. The van der Waals surface area contributed by atoms with Crippen molar-refractivity contribution in [3.8, 4) is 11.5 Å². The van der Waals surface area contributed by atoms with E-state index >= 15 is 0 Å². The van der Waals surface area contributed by atoms with Gasteiger partial charge in [-0.3, -0.25) is 14.5 Å². The highest BCUT2D eigenvalue weighted by Gasteiger charge is 2.38. The van der Waals surface area contributed by atoms with Crippen LogP contribution in [-0.2, 0) is 9.59 Å². The quantitative estimate of drug-likeness (QED) is 0.588. The summed E-state index contributed by atoms with van der Waals surface area (Å²) < 4.78 is 10.5. The molecular weight excluding hydrogens is 438 g/mol. The number of halogens is 1. The Hall–Kier alpha value is -2.97. The van der Waals surface area contributed by atoms with Crippen molar-refractivity contribution in [2.24, 2.45) is 4.99 Å². The van der Waals surface area contributed by atoms with Crippen molar-refractivity contribution in [1.82, 2.24) is 4.90 Å². The number of nitrogens with zero attached hydrogens (tertiary/aromatic N) is 2. The van der Waals surface area contributed by atoms with Crippen molar-refractivity contribution < 1.29 is 19.1 Å². The van der Waals surface area contributed by atoms with Gasteiger partial charge in [0.1, 0.15) is 16.7 Å². The molecule has 2 amide bonds. The van der Waals surface area contributed by atoms with Crippen LogP contribution in [0.3, 0.4) is 0 Å². The molecule has 2 aromatic rings. The Labute approximate surface area is 190 Å². The number of hydrogen-bond acceptors (Lipinski definition) is 6. The molecule has 0 bridgehead atoms. The van der Waals surface area contributed by atoms with Crippen LogP contribution >= 0.6 is 23.4 Å². The number of rotatable bonds is 8. The number of aliphatic imine (C=N–C) groups is 1. The number of amidine groups is 1. The molecule has 1 aliphatic rings. The SMILES string of the molecule is C=CCN1C(=O)C(CC(=O)Nc2cc(OC)c(Cl)cc2OC)SC1=Nc1ccccc1. The number of hydrogen-bond donors (Lipinski definition) is 1. The lowest BCUT2D eigenvalue weighted by Gasteiger charge is -2.15. The summed E-state index contributed by atoms with van der Waals surface area (Å²) >= 11 is 7.37. The number of benzene rings is 2. The summed E-state index contributed by atoms with van der Waals surface area (Å²) in [6.07, 6.45) is 1.60. The summed E-state index contributed by atoms with van der Waals surface area (Å²) in [6, 6.07) is 12.5. The number of ether oxygens (including phenoxy) is 2. The Bertz CT molecular complexity index is 1010. The smallest absolute Gasteiger partial charge is 0.242 e. The molecule has 1 fully saturated rings. The molecule has 0 aromatic heterocycles. The Morgan fingerprint density at radius 1 is 1.26 bits per heavy atom. The number of amides is 2. The first-order chi connectivity index (χ1) is 15.0. The molecule has 1 atom stereocenters. The first kappa shape index (κ1) is 22.7. The predicted molar refractivity (Wildman–Crippen MR) is 125 cm³/mol. The molecule has 2 aromatic carbocycles. The maximum absolute atomic E-state index is 12.9. The highest BCUT2D eigenvalue weighted by atomic mass is 35.5. The monoisotopic (exact) mass is 459 g/mol. The lowest BCUT2D eigenvalue weighted by molar-refractivity contribution is -0.127. The molecule has 1 N–H and O–H groups in total. The first-order valence-corrected chi connectivity index (χ1v) is 10.7. The molecule has 0 radical (unpaired) electrons. The summed E-state index contributed by atoms with van der Waals surface area (Å²) in [5.74, 6) is 0.270. The van der Waals surface area contributed by atoms with Gasteiger partial charge in [-0.15, -0.1) is 6.58 Å². The molecule has 1 heterocycles. The number of carbonyl (C=O) groups is 2. The van der Waals surface area contributed by atoms with Crippen molar-refractivity contribution in [3.63, 3.8) is 0 Å². The molecule has 1 saturated heterocycles. The van der Waals surface area contributed by atoms with E-state index in [1.807, 2.05) is 30.3 Å². The van der Waals surface area contributed by atoms with Crippen LogP contribution in [0.2, 0.25) is 5.02 Å². The first-order valence-electron chi connectivity index (χ1n) is 9.40. The van der Waals surface area contributed by atoms with E-state index in [2.05, 4.69) is 16.9 Å². The molecule has 3 rings (SSSR count). The van der Waals surface area contributed by atoms with Crippen LogP contribution in [-0.4, -0.2) is 47.9 Å². The van der Waals surface area contributed by atoms with Gasteiger partial charge in [0.15, 0.2) is 5.17 Å². The second-order valence-electron chi connectivity index (χ2n) is 6.51. The van der Waals surface area contributed by atoms with E-state index in [9.17, 15) is 9.59 Å². The topological polar surface area (TPSA) is 80.2 Å². The fraction of sp³-hybridized carbons (Fsp3) is 0.227. The van der Waals surface area contributed by atoms with Crippen LogP contribution in [0.15, 0.2) is 60.1 Å². The Morgan fingerprint density at radius 2 is 1.97 bits per heavy atom. The van der Waals surface area contributed by atoms with Gasteiger partial charge in [0, 0.05) is 25.1 Å². The summed E-state index contributed by atoms with van der Waals surface area (Å²) in [7, 11) is 2.96. The fourth-order valence-electron chi connectivity index (χ4n) is 2.96. The molecule has 0 saturated carbocycles. The van der Waals surface area contributed by atoms with Crippen molar-refractivity contribution in [2.75, 3.05) is 26.1 Å². The van der Waals surface area contributed by atoms with Gasteiger partial charge in [0.05, 0.1) is 30.6 Å². The zero-order valence-corrected chi connectivity index (χ0v) is 18.7. The van der Waals surface area contributed by atoms with E-state index in [0.717, 1.165) is 5.69 Å². The number of methoxy groups -OCH3 is 2. The van der Waals surface area contributed by atoms with E-state index in [1.54, 1.807) is 18.2 Å². The average Bonchev–Trinajstić information content (AvgIpc) is 3.04. The third-order valence-electron chi connectivity index (χ3n) is 4.43. The van der Waals surface area contributed by atoms with Crippen molar-refractivity contribution in [3.05, 3.63) is 60.1 Å². The normalized spacial score (nSPS) is 17.0. The van der Waals surface area contributed by atoms with Gasteiger partial charge in [0.25, 0.3) is 0 Å². The van der Waals surface area contributed by atoms with Gasteiger partial charge in [-0.05, 0) is 12.1 Å². The molecule has 0 spiro atoms. The minimum atomic E-state index is -0.595. The zero-order chi connectivity index (χ0) is 22.4. The minimum Gasteiger partial charge on any atom is -0.495 e. The predicted octanol–water partition coefficient (Wildman–Crippen LogP) is 4.50. The second kappa shape index (κ2) is 10.4. The summed E-state index contributed by atoms with van der Waals surface area (Å²) in [5.41, 5.74) is 1.14. The van der Waals surface area contributed by atoms with Crippen LogP contribution in [0.5, 0.6) is 11.5 Å². The van der Waals surface area contributed by atoms with Crippen LogP contribution in [0.1, 0.15) is 6.42 Å². The third-order valence-corrected chi connectivity index (χ3v) is 5.90. The number of anilines is 1. The summed E-state index contributed by atoms with van der Waals surface area (Å²) in [6.45, 7) is 4.03. The zero-order valence-electron chi connectivity index (χ0n) is 17.1. The molecule has 162 valence electrons. The molecule has 0 aliphatic carbocycles.